The van der Waals surface area contributed by atoms with Gasteiger partial charge in [-0.05, 0) is 44.0 Å². The van der Waals surface area contributed by atoms with E-state index in [9.17, 15) is 4.79 Å². The lowest BCUT2D eigenvalue weighted by Crippen LogP contribution is -2.41. The van der Waals surface area contributed by atoms with Gasteiger partial charge in [-0.15, -0.1) is 0 Å². The third-order valence-electron chi connectivity index (χ3n) is 3.64. The van der Waals surface area contributed by atoms with Crippen molar-refractivity contribution in [3.8, 4) is 0 Å². The van der Waals surface area contributed by atoms with Gasteiger partial charge in [0.05, 0.1) is 6.10 Å². The van der Waals surface area contributed by atoms with Gasteiger partial charge in [0.1, 0.15) is 6.04 Å². The zero-order valence-corrected chi connectivity index (χ0v) is 13.3. The number of halogens is 1. The van der Waals surface area contributed by atoms with Gasteiger partial charge < -0.3 is 10.5 Å². The third kappa shape index (κ3) is 4.04. The van der Waals surface area contributed by atoms with Crippen molar-refractivity contribution in [1.82, 2.24) is 4.90 Å². The minimum absolute atomic E-state index is 0.197. The number of ether oxygens (including phenoxy) is 1. The molecule has 1 saturated heterocycles. The highest BCUT2D eigenvalue weighted by molar-refractivity contribution is 9.10. The molecule has 1 aromatic rings. The van der Waals surface area contributed by atoms with E-state index in [1.54, 1.807) is 0 Å². The molecule has 0 aliphatic carbocycles. The first-order valence-electron chi connectivity index (χ1n) is 6.94. The smallest absolute Gasteiger partial charge is 0.239 e. The fraction of sp³-hybridized carbons (Fsp3) is 0.533. The average molecular weight is 341 g/mol. The van der Waals surface area contributed by atoms with Gasteiger partial charge >= 0.3 is 0 Å². The molecule has 1 fully saturated rings. The summed E-state index contributed by atoms with van der Waals surface area (Å²) >= 11 is 3.43. The molecule has 1 amide bonds. The number of primary amides is 1. The van der Waals surface area contributed by atoms with Gasteiger partial charge in [0, 0.05) is 17.6 Å². The number of likely N-dealkylation sites (N-methyl/N-ethyl adjacent to an activating group) is 1. The van der Waals surface area contributed by atoms with Crippen LogP contribution in [0, 0.1) is 0 Å². The summed E-state index contributed by atoms with van der Waals surface area (Å²) in [6.07, 6.45) is 3.57. The van der Waals surface area contributed by atoms with Crippen LogP contribution in [0.3, 0.4) is 0 Å². The molecular formula is C15H21BrN2O2. The zero-order chi connectivity index (χ0) is 14.5. The highest BCUT2D eigenvalue weighted by Crippen LogP contribution is 2.24. The summed E-state index contributed by atoms with van der Waals surface area (Å²) in [6.45, 7) is 1.54. The Kier molecular flexibility index (Phi) is 5.57. The van der Waals surface area contributed by atoms with Crippen LogP contribution in [0.2, 0.25) is 0 Å². The van der Waals surface area contributed by atoms with E-state index in [4.69, 9.17) is 10.5 Å². The molecule has 0 aromatic heterocycles. The van der Waals surface area contributed by atoms with Crippen molar-refractivity contribution in [2.24, 2.45) is 5.73 Å². The van der Waals surface area contributed by atoms with Crippen molar-refractivity contribution in [1.29, 1.82) is 0 Å². The number of rotatable bonds is 5. The Morgan fingerprint density at radius 1 is 1.55 bits per heavy atom. The van der Waals surface area contributed by atoms with Gasteiger partial charge in [0.2, 0.25) is 5.91 Å². The summed E-state index contributed by atoms with van der Waals surface area (Å²) in [5, 5.41) is 0. The van der Waals surface area contributed by atoms with Gasteiger partial charge in [-0.3, -0.25) is 9.69 Å². The fourth-order valence-corrected chi connectivity index (χ4v) is 3.11. The molecule has 1 aromatic carbocycles. The van der Waals surface area contributed by atoms with Crippen molar-refractivity contribution in [2.45, 2.75) is 31.4 Å². The molecule has 4 nitrogen and oxygen atoms in total. The minimum Gasteiger partial charge on any atom is -0.377 e. The molecule has 2 atom stereocenters. The van der Waals surface area contributed by atoms with Crippen LogP contribution < -0.4 is 5.73 Å². The molecule has 0 bridgehead atoms. The van der Waals surface area contributed by atoms with Crippen LogP contribution in [-0.2, 0) is 9.53 Å². The van der Waals surface area contributed by atoms with Crippen LogP contribution in [-0.4, -0.2) is 37.1 Å². The third-order valence-corrected chi connectivity index (χ3v) is 4.13. The molecule has 110 valence electrons. The molecule has 1 heterocycles. The molecule has 1 aliphatic heterocycles. The minimum atomic E-state index is -0.418. The Bertz CT molecular complexity index is 461. The van der Waals surface area contributed by atoms with E-state index in [1.807, 2.05) is 36.2 Å². The molecule has 2 N–H and O–H groups in total. The Morgan fingerprint density at radius 2 is 2.35 bits per heavy atom. The van der Waals surface area contributed by atoms with Crippen LogP contribution in [0.4, 0.5) is 0 Å². The van der Waals surface area contributed by atoms with Crippen LogP contribution in [0.25, 0.3) is 0 Å². The Labute approximate surface area is 128 Å². The van der Waals surface area contributed by atoms with Crippen LogP contribution in [0.15, 0.2) is 28.7 Å². The number of amides is 1. The molecule has 0 saturated carbocycles. The summed E-state index contributed by atoms with van der Waals surface area (Å²) in [5.74, 6) is -0.332. The Morgan fingerprint density at radius 3 is 2.95 bits per heavy atom. The number of nitrogens with two attached hydrogens (primary N) is 1. The average Bonchev–Trinajstić information content (AvgIpc) is 2.39. The van der Waals surface area contributed by atoms with Crippen LogP contribution in [0.5, 0.6) is 0 Å². The predicted molar refractivity (Wildman–Crippen MR) is 82.3 cm³/mol. The van der Waals surface area contributed by atoms with E-state index in [0.717, 1.165) is 36.0 Å². The number of carbonyl (C=O) groups excluding carboxylic acids is 1. The first-order valence-corrected chi connectivity index (χ1v) is 7.74. The Balaban J connectivity index is 2.09. The summed E-state index contributed by atoms with van der Waals surface area (Å²) in [5.41, 5.74) is 6.50. The number of benzene rings is 1. The lowest BCUT2D eigenvalue weighted by atomic mass is 10.0. The van der Waals surface area contributed by atoms with E-state index in [2.05, 4.69) is 15.9 Å². The van der Waals surface area contributed by atoms with Crippen molar-refractivity contribution in [2.75, 3.05) is 20.2 Å². The fourth-order valence-electron chi connectivity index (χ4n) is 2.69. The predicted octanol–water partition coefficient (Wildman–Crippen LogP) is 2.48. The molecule has 2 rings (SSSR count). The second-order valence-electron chi connectivity index (χ2n) is 5.29. The lowest BCUT2D eigenvalue weighted by Gasteiger charge is -2.31. The second-order valence-corrected chi connectivity index (χ2v) is 6.20. The summed E-state index contributed by atoms with van der Waals surface area (Å²) in [7, 11) is 1.92. The van der Waals surface area contributed by atoms with E-state index in [0.29, 0.717) is 0 Å². The van der Waals surface area contributed by atoms with E-state index >= 15 is 0 Å². The van der Waals surface area contributed by atoms with Gasteiger partial charge in [-0.2, -0.15) is 0 Å². The largest absolute Gasteiger partial charge is 0.377 e. The SMILES string of the molecule is CN(C[C@H]1CCCCO1)[C@@H](C(N)=O)c1cccc(Br)c1. The molecule has 5 heteroatoms. The summed E-state index contributed by atoms with van der Waals surface area (Å²) in [6, 6.07) is 7.30. The molecular weight excluding hydrogens is 320 g/mol. The maximum Gasteiger partial charge on any atom is 0.239 e. The number of nitrogens with zero attached hydrogens (tertiary/aromatic N) is 1. The van der Waals surface area contributed by atoms with Crippen molar-refractivity contribution < 1.29 is 9.53 Å². The monoisotopic (exact) mass is 340 g/mol. The molecule has 0 spiro atoms. The van der Waals surface area contributed by atoms with E-state index in [1.165, 1.54) is 6.42 Å². The summed E-state index contributed by atoms with van der Waals surface area (Å²) < 4.78 is 6.68. The molecule has 20 heavy (non-hydrogen) atoms. The van der Waals surface area contributed by atoms with Crippen LogP contribution >= 0.6 is 15.9 Å². The number of carbonyl (C=O) groups is 1. The first-order chi connectivity index (χ1) is 9.58. The van der Waals surface area contributed by atoms with Crippen molar-refractivity contribution >= 4 is 21.8 Å². The molecule has 1 aliphatic rings. The van der Waals surface area contributed by atoms with Gasteiger partial charge in [0.25, 0.3) is 0 Å². The van der Waals surface area contributed by atoms with Crippen molar-refractivity contribution in [3.63, 3.8) is 0 Å². The zero-order valence-electron chi connectivity index (χ0n) is 11.7. The molecule has 0 unspecified atom stereocenters. The lowest BCUT2D eigenvalue weighted by molar-refractivity contribution is -0.123. The van der Waals surface area contributed by atoms with Gasteiger partial charge in [0.15, 0.2) is 0 Å². The Hall–Kier alpha value is -0.910. The summed E-state index contributed by atoms with van der Waals surface area (Å²) in [4.78, 5) is 13.8. The number of hydrogen-bond donors (Lipinski definition) is 1. The van der Waals surface area contributed by atoms with Gasteiger partial charge in [-0.25, -0.2) is 0 Å². The van der Waals surface area contributed by atoms with E-state index < -0.39 is 6.04 Å². The van der Waals surface area contributed by atoms with Crippen molar-refractivity contribution in [3.05, 3.63) is 34.3 Å². The second kappa shape index (κ2) is 7.20. The number of hydrogen-bond acceptors (Lipinski definition) is 3. The van der Waals surface area contributed by atoms with Gasteiger partial charge in [-0.1, -0.05) is 28.1 Å². The normalized spacial score (nSPS) is 20.9. The van der Waals surface area contributed by atoms with E-state index in [-0.39, 0.29) is 12.0 Å². The van der Waals surface area contributed by atoms with Crippen LogP contribution in [0.1, 0.15) is 30.9 Å². The first kappa shape index (κ1) is 15.5. The quantitative estimate of drug-likeness (QED) is 0.895. The molecule has 0 radical (unpaired) electrons. The maximum atomic E-state index is 11.8. The maximum absolute atomic E-state index is 11.8. The highest BCUT2D eigenvalue weighted by atomic mass is 79.9. The standard InChI is InChI=1S/C15H21BrN2O2/c1-18(10-13-7-2-3-8-20-13)14(15(17)19)11-5-4-6-12(16)9-11/h4-6,9,13-14H,2-3,7-8,10H2,1H3,(H2,17,19)/t13-,14-/m1/s1. The highest BCUT2D eigenvalue weighted by Gasteiger charge is 2.26. The topological polar surface area (TPSA) is 55.6 Å².